The van der Waals surface area contributed by atoms with Crippen molar-refractivity contribution in [1.82, 2.24) is 24.8 Å². The first kappa shape index (κ1) is 39.1. The van der Waals surface area contributed by atoms with Crippen LogP contribution in [0.2, 0.25) is 0 Å². The smallest absolute Gasteiger partial charge is 0.334 e. The summed E-state index contributed by atoms with van der Waals surface area (Å²) in [6.07, 6.45) is -7.58. The number of carbonyl (C=O) groups excluding carboxylic acids is 1. The summed E-state index contributed by atoms with van der Waals surface area (Å²) in [6, 6.07) is -1.44. The molecule has 0 radical (unpaired) electrons. The van der Waals surface area contributed by atoms with Gasteiger partial charge in [0.05, 0.1) is 48.7 Å². The van der Waals surface area contributed by atoms with Crippen molar-refractivity contribution in [3.63, 3.8) is 0 Å². The van der Waals surface area contributed by atoms with Crippen molar-refractivity contribution in [2.45, 2.75) is 122 Å². The summed E-state index contributed by atoms with van der Waals surface area (Å²) in [5, 5.41) is 77.1. The van der Waals surface area contributed by atoms with Gasteiger partial charge < -0.3 is 79.5 Å². The molecule has 302 valence electrons. The highest BCUT2D eigenvalue weighted by Gasteiger charge is 2.70. The molecular formula is C31H41N6O15PS2. The van der Waals surface area contributed by atoms with Gasteiger partial charge in [-0.25, -0.2) is 4.98 Å². The van der Waals surface area contributed by atoms with Gasteiger partial charge in [-0.15, -0.1) is 11.8 Å². The SMILES string of the molecule is CC(=O)N[C@H]1[C@H]([C@H](O)[C@H](O)CO)O[C@](Oc2[nH]cc3c2COP(=O)(C2CC4(C2)SC(n2cnc5c(=S)oc(N)nc52)C(O)C4(C)O)OC3)(C2OC2O)C[C@@H]1O. The van der Waals surface area contributed by atoms with E-state index in [1.165, 1.54) is 38.1 Å². The van der Waals surface area contributed by atoms with Crippen LogP contribution in [-0.2, 0) is 41.1 Å². The second-order valence-corrected chi connectivity index (χ2v) is 18.9. The molecule has 4 aliphatic heterocycles. The molecule has 24 heteroatoms. The van der Waals surface area contributed by atoms with Gasteiger partial charge >= 0.3 is 7.60 Å². The highest BCUT2D eigenvalue weighted by atomic mass is 32.2. The van der Waals surface area contributed by atoms with Crippen molar-refractivity contribution < 1.29 is 72.8 Å². The predicted molar refractivity (Wildman–Crippen MR) is 188 cm³/mol. The first-order valence-corrected chi connectivity index (χ1v) is 20.2. The number of fused-ring (bicyclic) bond motifs is 2. The van der Waals surface area contributed by atoms with Gasteiger partial charge in [0, 0.05) is 30.7 Å². The molecule has 0 aromatic carbocycles. The summed E-state index contributed by atoms with van der Waals surface area (Å²) in [5.41, 5.74) is 4.87. The standard InChI is InChI=1S/C31H41N6O15PS2/c1-11(39)35-17-15(40)5-31(22-26(44)49-22,51-20(17)19(42)16(41)7-38)52-24-14-9-48-53(46,47-8-12(14)6-33-24)13-3-30(4-13)29(2,45)21(43)25(55-30)37-10-34-18-23(37)36-28(32)50-27(18)54/h6,10,13,15-17,19-22,25-26,33,38,40-45H,3-5,7-9H2,1-2H3,(H2,32,36)(H,35,39)/t13?,15-,16+,17+,19+,20+,21?,22?,25?,26?,29?,30?,31+,53?/m0/s1. The van der Waals surface area contributed by atoms with Gasteiger partial charge in [0.1, 0.15) is 35.4 Å². The Morgan fingerprint density at radius 2 is 1.96 bits per heavy atom. The number of thioether (sulfide) groups is 1. The normalized spacial score (nSPS) is 41.0. The Labute approximate surface area is 320 Å². The lowest BCUT2D eigenvalue weighted by Crippen LogP contribution is -2.68. The molecule has 3 aromatic heterocycles. The van der Waals surface area contributed by atoms with Crippen molar-refractivity contribution in [3.8, 4) is 5.88 Å². The van der Waals surface area contributed by atoms with Gasteiger partial charge in [0.15, 0.2) is 29.4 Å². The summed E-state index contributed by atoms with van der Waals surface area (Å²) in [7, 11) is -3.87. The van der Waals surface area contributed by atoms with E-state index in [0.717, 1.165) is 0 Å². The Bertz CT molecular complexity index is 2090. The summed E-state index contributed by atoms with van der Waals surface area (Å²) >= 11 is 6.50. The molecule has 0 bridgehead atoms. The summed E-state index contributed by atoms with van der Waals surface area (Å²) in [4.78, 5) is 23.4. The minimum atomic E-state index is -3.87. The number of nitrogens with zero attached hydrogens (tertiary/aromatic N) is 3. The highest BCUT2D eigenvalue weighted by molar-refractivity contribution is 8.01. The van der Waals surface area contributed by atoms with Crippen LogP contribution in [0.3, 0.4) is 0 Å². The molecule has 12 atom stereocenters. The van der Waals surface area contributed by atoms with E-state index in [2.05, 4.69) is 20.3 Å². The van der Waals surface area contributed by atoms with E-state index in [9.17, 15) is 45.1 Å². The quantitative estimate of drug-likeness (QED) is 0.0704. The lowest BCUT2D eigenvalue weighted by atomic mass is 9.70. The number of nitrogen functional groups attached to an aromatic ring is 1. The number of aliphatic hydroxyl groups excluding tert-OH is 6. The maximum absolute atomic E-state index is 14.4. The molecule has 1 spiro atoms. The Morgan fingerprint density at radius 1 is 1.25 bits per heavy atom. The molecule has 11 N–H and O–H groups in total. The zero-order chi connectivity index (χ0) is 39.4. The molecule has 6 unspecified atom stereocenters. The number of nitrogens with one attached hydrogen (secondary N) is 2. The average molecular weight is 833 g/mol. The molecule has 1 amide bonds. The number of nitrogens with two attached hydrogens (primary N) is 1. The van der Waals surface area contributed by atoms with Gasteiger partial charge in [0.25, 0.3) is 6.01 Å². The van der Waals surface area contributed by atoms with Gasteiger partial charge in [-0.2, -0.15) is 4.98 Å². The number of anilines is 1. The molecule has 8 rings (SSSR count). The van der Waals surface area contributed by atoms with Crippen LogP contribution in [0.15, 0.2) is 16.9 Å². The van der Waals surface area contributed by atoms with Crippen molar-refractivity contribution >= 4 is 54.7 Å². The van der Waals surface area contributed by atoms with Crippen LogP contribution in [0, 0.1) is 4.71 Å². The van der Waals surface area contributed by atoms with Gasteiger partial charge in [-0.3, -0.25) is 13.9 Å². The maximum Gasteiger partial charge on any atom is 0.334 e. The number of ether oxygens (including phenoxy) is 3. The van der Waals surface area contributed by atoms with Crippen LogP contribution in [0.1, 0.15) is 49.6 Å². The van der Waals surface area contributed by atoms with Crippen LogP contribution in [0.5, 0.6) is 5.88 Å². The van der Waals surface area contributed by atoms with E-state index < -0.39 is 103 Å². The van der Waals surface area contributed by atoms with Crippen molar-refractivity contribution in [1.29, 1.82) is 0 Å². The number of imidazole rings is 1. The van der Waals surface area contributed by atoms with Crippen molar-refractivity contribution in [3.05, 3.63) is 28.4 Å². The fourth-order valence-corrected chi connectivity index (χ4v) is 12.8. The van der Waals surface area contributed by atoms with Crippen LogP contribution in [0.4, 0.5) is 6.01 Å². The van der Waals surface area contributed by atoms with Crippen LogP contribution >= 0.6 is 31.6 Å². The van der Waals surface area contributed by atoms with Crippen LogP contribution in [0.25, 0.3) is 11.2 Å². The Kier molecular flexibility index (Phi) is 9.73. The Balaban J connectivity index is 1.00. The minimum Gasteiger partial charge on any atom is -0.444 e. The van der Waals surface area contributed by atoms with E-state index in [-0.39, 0.29) is 53.8 Å². The lowest BCUT2D eigenvalue weighted by Gasteiger charge is -2.52. The van der Waals surface area contributed by atoms with Gasteiger partial charge in [0.2, 0.25) is 16.4 Å². The Morgan fingerprint density at radius 3 is 2.64 bits per heavy atom. The molecular weight excluding hydrogens is 791 g/mol. The first-order valence-electron chi connectivity index (χ1n) is 17.3. The number of hydrogen-bond acceptors (Lipinski definition) is 20. The number of epoxide rings is 1. The Hall–Kier alpha value is -2.74. The van der Waals surface area contributed by atoms with Crippen molar-refractivity contribution in [2.24, 2.45) is 0 Å². The van der Waals surface area contributed by atoms with Gasteiger partial charge in [-0.05, 0) is 32.0 Å². The second-order valence-electron chi connectivity index (χ2n) is 14.7. The topological polar surface area (TPSA) is 323 Å². The monoisotopic (exact) mass is 832 g/mol. The first-order chi connectivity index (χ1) is 25.9. The summed E-state index contributed by atoms with van der Waals surface area (Å²) in [5.74, 6) is -2.56. The number of aromatic amines is 1. The summed E-state index contributed by atoms with van der Waals surface area (Å²) in [6.45, 7) is 1.36. The zero-order valence-corrected chi connectivity index (χ0v) is 31.8. The third kappa shape index (κ3) is 6.32. The molecule has 3 saturated heterocycles. The lowest BCUT2D eigenvalue weighted by molar-refractivity contribution is -0.297. The number of amides is 1. The predicted octanol–water partition coefficient (Wildman–Crippen LogP) is -0.976. The largest absolute Gasteiger partial charge is 0.444 e. The molecule has 1 aliphatic carbocycles. The number of aliphatic hydroxyl groups is 7. The molecule has 55 heavy (non-hydrogen) atoms. The number of H-pyrrole nitrogens is 1. The van der Waals surface area contributed by atoms with E-state index in [4.69, 9.17) is 45.6 Å². The van der Waals surface area contributed by atoms with Crippen LogP contribution in [-0.4, -0.2) is 139 Å². The molecule has 4 fully saturated rings. The van der Waals surface area contributed by atoms with E-state index >= 15 is 0 Å². The maximum atomic E-state index is 14.4. The average Bonchev–Trinajstić information content (AvgIpc) is 3.50. The highest BCUT2D eigenvalue weighted by Crippen LogP contribution is 2.73. The number of hydrogen-bond donors (Lipinski definition) is 10. The minimum absolute atomic E-state index is 0.0121. The van der Waals surface area contributed by atoms with E-state index in [0.29, 0.717) is 11.1 Å². The molecule has 5 aliphatic rings. The number of aromatic nitrogens is 4. The number of rotatable bonds is 9. The fraction of sp³-hybridized carbons (Fsp3) is 0.677. The number of carbonyl (C=O) groups is 1. The van der Waals surface area contributed by atoms with E-state index in [1.807, 2.05) is 0 Å². The third-order valence-corrected chi connectivity index (χ3v) is 15.7. The molecule has 7 heterocycles. The van der Waals surface area contributed by atoms with Gasteiger partial charge in [-0.1, -0.05) is 0 Å². The fourth-order valence-electron chi connectivity index (χ4n) is 8.00. The third-order valence-electron chi connectivity index (χ3n) is 11.2. The molecule has 3 aromatic rings. The van der Waals surface area contributed by atoms with Crippen LogP contribution < -0.4 is 15.8 Å². The second kappa shape index (κ2) is 13.7. The molecule has 21 nitrogen and oxygen atoms in total. The summed E-state index contributed by atoms with van der Waals surface area (Å²) < 4.78 is 49.9. The van der Waals surface area contributed by atoms with Crippen molar-refractivity contribution in [2.75, 3.05) is 12.3 Å². The zero-order valence-electron chi connectivity index (χ0n) is 29.3. The van der Waals surface area contributed by atoms with E-state index in [1.54, 1.807) is 4.57 Å². The molecule has 1 saturated carbocycles.